The van der Waals surface area contributed by atoms with Gasteiger partial charge in [0.25, 0.3) is 11.8 Å². The molecule has 1 fully saturated rings. The smallest absolute Gasteiger partial charge is 0.422 e. The molecule has 1 aliphatic heterocycles. The Morgan fingerprint density at radius 1 is 1.24 bits per heavy atom. The second kappa shape index (κ2) is 9.59. The standard InChI is InChI=1S/C28H25F3N6O4/c29-28(30,31)15-41-18-3-4-19-17(10-18)6-9-27(19)11-20-22(24(38)35-27)23(25(39)34-14-26(40)7-1-8-26)37(36-20)21-5-2-16(12-32)13-33-21/h2-5,10,13,40H,1,6-9,11,14-15H2,(H,34,39)(H,35,38)/t27-/m0/s1. The summed E-state index contributed by atoms with van der Waals surface area (Å²) in [7, 11) is 0. The number of aromatic nitrogens is 3. The SMILES string of the molecule is N#Cc1ccc(-n2nc3c(c2C(=O)NCC2(O)CCC2)C(=O)N[C@@]2(CCc4cc(OCC(F)(F)F)ccc42)C3)nc1. The number of nitriles is 1. The molecule has 1 spiro atoms. The largest absolute Gasteiger partial charge is 0.484 e. The van der Waals surface area contributed by atoms with Crippen LogP contribution in [-0.2, 0) is 18.4 Å². The minimum Gasteiger partial charge on any atom is -0.484 e. The Labute approximate surface area is 232 Å². The fraction of sp³-hybridized carbons (Fsp3) is 0.393. The average Bonchev–Trinajstić information content (AvgIpc) is 3.48. The van der Waals surface area contributed by atoms with Crippen LogP contribution in [0, 0.1) is 11.3 Å². The average molecular weight is 567 g/mol. The van der Waals surface area contributed by atoms with E-state index in [2.05, 4.69) is 20.7 Å². The van der Waals surface area contributed by atoms with Crippen molar-refractivity contribution in [1.29, 1.82) is 5.26 Å². The van der Waals surface area contributed by atoms with Crippen molar-refractivity contribution >= 4 is 11.8 Å². The number of fused-ring (bicyclic) bond motifs is 3. The predicted octanol–water partition coefficient (Wildman–Crippen LogP) is 2.85. The lowest BCUT2D eigenvalue weighted by molar-refractivity contribution is -0.153. The van der Waals surface area contributed by atoms with Crippen LogP contribution in [0.25, 0.3) is 5.82 Å². The number of hydrogen-bond acceptors (Lipinski definition) is 7. The van der Waals surface area contributed by atoms with Crippen LogP contribution in [0.3, 0.4) is 0 Å². The number of carbonyl (C=O) groups excluding carboxylic acids is 2. The van der Waals surface area contributed by atoms with Crippen molar-refractivity contribution in [3.05, 3.63) is 70.2 Å². The number of nitrogens with one attached hydrogen (secondary N) is 2. The van der Waals surface area contributed by atoms with Crippen LogP contribution in [-0.4, -0.2) is 56.6 Å². The summed E-state index contributed by atoms with van der Waals surface area (Å²) in [5.74, 6) is -0.811. The zero-order valence-corrected chi connectivity index (χ0v) is 21.7. The van der Waals surface area contributed by atoms with Crippen molar-refractivity contribution < 1.29 is 32.6 Å². The number of carbonyl (C=O) groups is 2. The van der Waals surface area contributed by atoms with E-state index in [4.69, 9.17) is 10.00 Å². The van der Waals surface area contributed by atoms with E-state index in [0.717, 1.165) is 17.5 Å². The summed E-state index contributed by atoms with van der Waals surface area (Å²) in [4.78, 5) is 31.4. The summed E-state index contributed by atoms with van der Waals surface area (Å²) in [6.45, 7) is -1.38. The normalized spacial score (nSPS) is 20.4. The van der Waals surface area contributed by atoms with Crippen LogP contribution in [0.1, 0.15) is 68.9 Å². The molecule has 2 amide bonds. The van der Waals surface area contributed by atoms with Gasteiger partial charge in [0, 0.05) is 19.2 Å². The first-order valence-corrected chi connectivity index (χ1v) is 13.1. The van der Waals surface area contributed by atoms with Gasteiger partial charge in [0.05, 0.1) is 28.0 Å². The number of rotatable bonds is 6. The van der Waals surface area contributed by atoms with Crippen LogP contribution in [0.2, 0.25) is 0 Å². The van der Waals surface area contributed by atoms with Crippen molar-refractivity contribution in [1.82, 2.24) is 25.4 Å². The van der Waals surface area contributed by atoms with E-state index in [9.17, 15) is 27.9 Å². The molecule has 0 radical (unpaired) electrons. The molecule has 1 aromatic carbocycles. The number of halogens is 3. The van der Waals surface area contributed by atoms with Gasteiger partial charge in [-0.2, -0.15) is 23.5 Å². The summed E-state index contributed by atoms with van der Waals surface area (Å²) < 4.78 is 44.0. The third-order valence-corrected chi connectivity index (χ3v) is 7.99. The summed E-state index contributed by atoms with van der Waals surface area (Å²) in [6, 6.07) is 9.69. The van der Waals surface area contributed by atoms with Gasteiger partial charge in [0.2, 0.25) is 0 Å². The maximum Gasteiger partial charge on any atom is 0.422 e. The number of nitrogens with zero attached hydrogens (tertiary/aromatic N) is 4. The first-order valence-electron chi connectivity index (χ1n) is 13.1. The topological polar surface area (TPSA) is 142 Å². The van der Waals surface area contributed by atoms with Gasteiger partial charge in [-0.25, -0.2) is 9.67 Å². The molecule has 0 unspecified atom stereocenters. The zero-order chi connectivity index (χ0) is 29.0. The third kappa shape index (κ3) is 4.88. The lowest BCUT2D eigenvalue weighted by Crippen LogP contribution is -2.51. The highest BCUT2D eigenvalue weighted by molar-refractivity contribution is 6.08. The van der Waals surface area contributed by atoms with Gasteiger partial charge in [0.15, 0.2) is 12.4 Å². The molecule has 0 bridgehead atoms. The van der Waals surface area contributed by atoms with E-state index >= 15 is 0 Å². The lowest BCUT2D eigenvalue weighted by atomic mass is 9.80. The number of ether oxygens (including phenoxy) is 1. The van der Waals surface area contributed by atoms with Crippen molar-refractivity contribution in [2.24, 2.45) is 0 Å². The summed E-state index contributed by atoms with van der Waals surface area (Å²) >= 11 is 0. The van der Waals surface area contributed by atoms with Gasteiger partial charge < -0.3 is 20.5 Å². The second-order valence-electron chi connectivity index (χ2n) is 10.8. The Bertz CT molecular complexity index is 1590. The lowest BCUT2D eigenvalue weighted by Gasteiger charge is -2.36. The third-order valence-electron chi connectivity index (χ3n) is 7.99. The van der Waals surface area contributed by atoms with Gasteiger partial charge >= 0.3 is 6.18 Å². The molecule has 6 rings (SSSR count). The maximum absolute atomic E-state index is 13.7. The van der Waals surface area contributed by atoms with Gasteiger partial charge in [-0.15, -0.1) is 0 Å². The zero-order valence-electron chi connectivity index (χ0n) is 21.7. The summed E-state index contributed by atoms with van der Waals surface area (Å²) in [5, 5.41) is 30.1. The van der Waals surface area contributed by atoms with Crippen LogP contribution in [0.4, 0.5) is 13.2 Å². The second-order valence-corrected chi connectivity index (χ2v) is 10.8. The predicted molar refractivity (Wildman–Crippen MR) is 136 cm³/mol. The number of pyridine rings is 1. The molecular weight excluding hydrogens is 541 g/mol. The molecule has 3 aliphatic rings. The van der Waals surface area contributed by atoms with Crippen molar-refractivity contribution in [2.75, 3.05) is 13.2 Å². The molecule has 2 aliphatic carbocycles. The first-order chi connectivity index (χ1) is 19.5. The summed E-state index contributed by atoms with van der Waals surface area (Å²) in [6.07, 6.45) is 0.0669. The highest BCUT2D eigenvalue weighted by atomic mass is 19.4. The molecule has 10 nitrogen and oxygen atoms in total. The number of hydrogen-bond donors (Lipinski definition) is 3. The Hall–Kier alpha value is -4.44. The molecule has 3 aromatic rings. The summed E-state index contributed by atoms with van der Waals surface area (Å²) in [5.41, 5.74) is 0.358. The molecule has 2 aromatic heterocycles. The Morgan fingerprint density at radius 3 is 2.71 bits per heavy atom. The Kier molecular flexibility index (Phi) is 6.26. The fourth-order valence-electron chi connectivity index (χ4n) is 5.77. The van der Waals surface area contributed by atoms with Gasteiger partial charge in [-0.05, 0) is 67.5 Å². The van der Waals surface area contributed by atoms with Crippen LogP contribution in [0.5, 0.6) is 5.75 Å². The van der Waals surface area contributed by atoms with E-state index in [1.54, 1.807) is 12.1 Å². The number of aryl methyl sites for hydroxylation is 1. The molecule has 3 heterocycles. The molecule has 212 valence electrons. The van der Waals surface area contributed by atoms with Crippen molar-refractivity contribution in [2.45, 2.75) is 55.8 Å². The van der Waals surface area contributed by atoms with Gasteiger partial charge in [-0.1, -0.05) is 6.07 Å². The minimum absolute atomic E-state index is 0.0181. The van der Waals surface area contributed by atoms with E-state index in [1.165, 1.54) is 29.1 Å². The molecule has 1 atom stereocenters. The monoisotopic (exact) mass is 566 g/mol. The Morgan fingerprint density at radius 2 is 2.05 bits per heavy atom. The fourth-order valence-corrected chi connectivity index (χ4v) is 5.77. The van der Waals surface area contributed by atoms with Crippen molar-refractivity contribution in [3.8, 4) is 17.6 Å². The molecule has 1 saturated carbocycles. The molecular formula is C28H25F3N6O4. The van der Waals surface area contributed by atoms with E-state index in [1.807, 2.05) is 6.07 Å². The van der Waals surface area contributed by atoms with Crippen LogP contribution < -0.4 is 15.4 Å². The highest BCUT2D eigenvalue weighted by Crippen LogP contribution is 2.44. The van der Waals surface area contributed by atoms with E-state index in [0.29, 0.717) is 36.9 Å². The number of amides is 2. The molecule has 0 saturated heterocycles. The van der Waals surface area contributed by atoms with E-state index in [-0.39, 0.29) is 35.8 Å². The molecule has 3 N–H and O–H groups in total. The Balaban J connectivity index is 1.35. The maximum atomic E-state index is 13.7. The first kappa shape index (κ1) is 26.8. The highest BCUT2D eigenvalue weighted by Gasteiger charge is 2.47. The molecule has 41 heavy (non-hydrogen) atoms. The van der Waals surface area contributed by atoms with Crippen LogP contribution >= 0.6 is 0 Å². The van der Waals surface area contributed by atoms with Crippen LogP contribution in [0.15, 0.2) is 36.5 Å². The number of aliphatic hydroxyl groups is 1. The quantitative estimate of drug-likeness (QED) is 0.417. The number of alkyl halides is 3. The van der Waals surface area contributed by atoms with Gasteiger partial charge in [-0.3, -0.25) is 9.59 Å². The number of benzene rings is 1. The van der Waals surface area contributed by atoms with Gasteiger partial charge in [0.1, 0.15) is 17.5 Å². The van der Waals surface area contributed by atoms with E-state index < -0.39 is 35.7 Å². The minimum atomic E-state index is -4.46. The molecule has 13 heteroatoms. The van der Waals surface area contributed by atoms with Crippen molar-refractivity contribution in [3.63, 3.8) is 0 Å².